The third-order valence-corrected chi connectivity index (χ3v) is 5.46. The molecule has 1 aliphatic rings. The Morgan fingerprint density at radius 1 is 1.28 bits per heavy atom. The van der Waals surface area contributed by atoms with E-state index in [1.54, 1.807) is 6.92 Å². The molecule has 0 atom stereocenters. The molecule has 0 saturated heterocycles. The maximum Gasteiger partial charge on any atom is 0.343 e. The van der Waals surface area contributed by atoms with Crippen molar-refractivity contribution >= 4 is 23.5 Å². The van der Waals surface area contributed by atoms with Gasteiger partial charge in [0.05, 0.1) is 18.3 Å². The molecule has 1 heterocycles. The largest absolute Gasteiger partial charge is 0.452 e. The van der Waals surface area contributed by atoms with Crippen molar-refractivity contribution in [2.45, 2.75) is 51.1 Å². The highest BCUT2D eigenvalue weighted by Crippen LogP contribution is 2.27. The molecule has 3 rings (SSSR count). The second-order valence-electron chi connectivity index (χ2n) is 7.27. The van der Waals surface area contributed by atoms with Crippen LogP contribution >= 0.6 is 11.6 Å². The number of aryl methyl sites for hydroxylation is 1. The first kappa shape index (κ1) is 20.9. The number of aromatic nitrogens is 2. The van der Waals surface area contributed by atoms with Crippen molar-refractivity contribution in [2.75, 3.05) is 6.61 Å². The molecule has 2 aromatic rings. The molecule has 7 nitrogen and oxygen atoms in total. The lowest BCUT2D eigenvalue weighted by Gasteiger charge is -2.31. The van der Waals surface area contributed by atoms with Gasteiger partial charge in [0, 0.05) is 0 Å². The number of rotatable bonds is 6. The number of hydrogen-bond donors (Lipinski definition) is 1. The standard InChI is InChI=1S/C21H23ClN4O3/c1-15-18(19(22)26(25-15)12-16-8-4-2-5-9-16)20(28)29-13-17(27)24-21(14-23)10-6-3-7-11-21/h2,4-5,8-9H,3,6-7,10-13H2,1H3,(H,24,27). The summed E-state index contributed by atoms with van der Waals surface area (Å²) in [5.41, 5.74) is 0.696. The Morgan fingerprint density at radius 2 is 1.97 bits per heavy atom. The predicted octanol–water partition coefficient (Wildman–Crippen LogP) is 3.39. The molecule has 1 saturated carbocycles. The molecule has 0 aliphatic heterocycles. The van der Waals surface area contributed by atoms with Crippen molar-refractivity contribution in [3.8, 4) is 6.07 Å². The summed E-state index contributed by atoms with van der Waals surface area (Å²) in [5, 5.41) is 16.6. The van der Waals surface area contributed by atoms with Gasteiger partial charge in [-0.3, -0.25) is 4.79 Å². The normalized spacial score (nSPS) is 15.3. The average molecular weight is 415 g/mol. The second-order valence-corrected chi connectivity index (χ2v) is 7.63. The number of hydrogen-bond acceptors (Lipinski definition) is 5. The zero-order chi connectivity index (χ0) is 20.9. The Bertz CT molecular complexity index is 927. The van der Waals surface area contributed by atoms with Crippen LogP contribution < -0.4 is 5.32 Å². The summed E-state index contributed by atoms with van der Waals surface area (Å²) in [6, 6.07) is 11.8. The lowest BCUT2D eigenvalue weighted by molar-refractivity contribution is -0.125. The molecule has 29 heavy (non-hydrogen) atoms. The van der Waals surface area contributed by atoms with Crippen LogP contribution in [0.5, 0.6) is 0 Å². The SMILES string of the molecule is Cc1nn(Cc2ccccc2)c(Cl)c1C(=O)OCC(=O)NC1(C#N)CCCCC1. The van der Waals surface area contributed by atoms with Crippen molar-refractivity contribution in [1.29, 1.82) is 5.26 Å². The first-order valence-electron chi connectivity index (χ1n) is 9.60. The predicted molar refractivity (Wildman–Crippen MR) is 107 cm³/mol. The van der Waals surface area contributed by atoms with Gasteiger partial charge in [0.15, 0.2) is 6.61 Å². The molecular weight excluding hydrogens is 392 g/mol. The summed E-state index contributed by atoms with van der Waals surface area (Å²) >= 11 is 6.35. The number of esters is 1. The summed E-state index contributed by atoms with van der Waals surface area (Å²) in [6.45, 7) is 1.61. The number of ether oxygens (including phenoxy) is 1. The maximum atomic E-state index is 12.5. The van der Waals surface area contributed by atoms with Crippen molar-refractivity contribution in [1.82, 2.24) is 15.1 Å². The van der Waals surface area contributed by atoms with Crippen molar-refractivity contribution in [3.63, 3.8) is 0 Å². The van der Waals surface area contributed by atoms with E-state index < -0.39 is 24.0 Å². The molecule has 0 unspecified atom stereocenters. The topological polar surface area (TPSA) is 97.0 Å². The summed E-state index contributed by atoms with van der Waals surface area (Å²) in [6.07, 6.45) is 4.06. The molecule has 0 bridgehead atoms. The molecule has 1 amide bonds. The van der Waals surface area contributed by atoms with E-state index in [0.717, 1.165) is 24.8 Å². The van der Waals surface area contributed by atoms with Gasteiger partial charge in [0.1, 0.15) is 16.3 Å². The second kappa shape index (κ2) is 9.10. The number of nitriles is 1. The smallest absolute Gasteiger partial charge is 0.343 e. The van der Waals surface area contributed by atoms with Crippen LogP contribution in [0.2, 0.25) is 5.15 Å². The Hall–Kier alpha value is -2.85. The minimum absolute atomic E-state index is 0.142. The maximum absolute atomic E-state index is 12.5. The lowest BCUT2D eigenvalue weighted by Crippen LogP contribution is -2.50. The van der Waals surface area contributed by atoms with Crippen LogP contribution in [0.1, 0.15) is 53.7 Å². The minimum atomic E-state index is -0.865. The van der Waals surface area contributed by atoms with E-state index in [4.69, 9.17) is 16.3 Å². The van der Waals surface area contributed by atoms with Crippen LogP contribution in [0, 0.1) is 18.3 Å². The molecule has 8 heteroatoms. The molecule has 0 spiro atoms. The van der Waals surface area contributed by atoms with E-state index in [1.807, 2.05) is 30.3 Å². The van der Waals surface area contributed by atoms with Crippen molar-refractivity contribution in [3.05, 3.63) is 52.3 Å². The third kappa shape index (κ3) is 4.96. The molecule has 1 aliphatic carbocycles. The van der Waals surface area contributed by atoms with E-state index in [9.17, 15) is 14.9 Å². The fourth-order valence-electron chi connectivity index (χ4n) is 3.57. The zero-order valence-corrected chi connectivity index (χ0v) is 17.0. The summed E-state index contributed by atoms with van der Waals surface area (Å²) in [7, 11) is 0. The average Bonchev–Trinajstić information content (AvgIpc) is 3.00. The Balaban J connectivity index is 1.62. The van der Waals surface area contributed by atoms with Gasteiger partial charge in [0.2, 0.25) is 0 Å². The quantitative estimate of drug-likeness (QED) is 0.730. The molecule has 1 N–H and O–H groups in total. The highest BCUT2D eigenvalue weighted by molar-refractivity contribution is 6.32. The first-order chi connectivity index (χ1) is 13.9. The van der Waals surface area contributed by atoms with Crippen LogP contribution in [-0.4, -0.2) is 33.8 Å². The van der Waals surface area contributed by atoms with Gasteiger partial charge in [-0.2, -0.15) is 10.4 Å². The monoisotopic (exact) mass is 414 g/mol. The van der Waals surface area contributed by atoms with Gasteiger partial charge >= 0.3 is 5.97 Å². The Morgan fingerprint density at radius 3 is 2.62 bits per heavy atom. The fourth-order valence-corrected chi connectivity index (χ4v) is 3.88. The van der Waals surface area contributed by atoms with Crippen LogP contribution in [-0.2, 0) is 16.1 Å². The number of nitrogens with zero attached hydrogens (tertiary/aromatic N) is 3. The zero-order valence-electron chi connectivity index (χ0n) is 16.3. The number of carbonyl (C=O) groups excluding carboxylic acids is 2. The van der Waals surface area contributed by atoms with E-state index in [0.29, 0.717) is 25.1 Å². The van der Waals surface area contributed by atoms with Gasteiger partial charge in [-0.15, -0.1) is 0 Å². The number of nitrogens with one attached hydrogen (secondary N) is 1. The molecule has 152 valence electrons. The highest BCUT2D eigenvalue weighted by Gasteiger charge is 2.34. The van der Waals surface area contributed by atoms with E-state index in [2.05, 4.69) is 16.5 Å². The van der Waals surface area contributed by atoms with Gasteiger partial charge in [-0.05, 0) is 25.3 Å². The van der Waals surface area contributed by atoms with Gasteiger partial charge in [-0.25, -0.2) is 9.48 Å². The van der Waals surface area contributed by atoms with Crippen molar-refractivity contribution in [2.24, 2.45) is 0 Å². The Labute approximate surface area is 174 Å². The highest BCUT2D eigenvalue weighted by atomic mass is 35.5. The van der Waals surface area contributed by atoms with Crippen LogP contribution in [0.15, 0.2) is 30.3 Å². The molecule has 1 aromatic heterocycles. The van der Waals surface area contributed by atoms with Crippen LogP contribution in [0.25, 0.3) is 0 Å². The number of benzene rings is 1. The molecular formula is C21H23ClN4O3. The van der Waals surface area contributed by atoms with Gasteiger partial charge in [-0.1, -0.05) is 61.2 Å². The summed E-state index contributed by atoms with van der Waals surface area (Å²) in [4.78, 5) is 24.7. The molecule has 0 radical (unpaired) electrons. The lowest BCUT2D eigenvalue weighted by atomic mass is 9.83. The van der Waals surface area contributed by atoms with Gasteiger partial charge < -0.3 is 10.1 Å². The van der Waals surface area contributed by atoms with E-state index in [1.165, 1.54) is 4.68 Å². The third-order valence-electron chi connectivity index (χ3n) is 5.08. The number of halogens is 1. The molecule has 1 fully saturated rings. The Kier molecular flexibility index (Phi) is 6.55. The first-order valence-corrected chi connectivity index (χ1v) is 9.98. The number of carbonyl (C=O) groups is 2. The summed E-state index contributed by atoms with van der Waals surface area (Å²) in [5.74, 6) is -1.20. The van der Waals surface area contributed by atoms with E-state index in [-0.39, 0.29) is 10.7 Å². The van der Waals surface area contributed by atoms with Crippen LogP contribution in [0.3, 0.4) is 0 Å². The van der Waals surface area contributed by atoms with Crippen LogP contribution in [0.4, 0.5) is 0 Å². The molecule has 1 aromatic carbocycles. The number of amides is 1. The van der Waals surface area contributed by atoms with E-state index >= 15 is 0 Å². The minimum Gasteiger partial charge on any atom is -0.452 e. The van der Waals surface area contributed by atoms with Crippen molar-refractivity contribution < 1.29 is 14.3 Å². The fraction of sp³-hybridized carbons (Fsp3) is 0.429. The van der Waals surface area contributed by atoms with Gasteiger partial charge in [0.25, 0.3) is 5.91 Å². The summed E-state index contributed by atoms with van der Waals surface area (Å²) < 4.78 is 6.67.